The first-order chi connectivity index (χ1) is 12.2. The number of nitrogens with zero attached hydrogens (tertiary/aromatic N) is 1. The average molecular weight is 380 g/mol. The van der Waals surface area contributed by atoms with Crippen molar-refractivity contribution in [2.24, 2.45) is 4.99 Å². The quantitative estimate of drug-likeness (QED) is 0.564. The Morgan fingerprint density at radius 2 is 1.81 bits per heavy atom. The molecular formula is C20H33N3O2S. The minimum Gasteiger partial charge on any atom is -0.357 e. The van der Waals surface area contributed by atoms with Gasteiger partial charge >= 0.3 is 0 Å². The van der Waals surface area contributed by atoms with E-state index in [0.717, 1.165) is 25.9 Å². The first kappa shape index (κ1) is 20.7. The number of sulfone groups is 1. The molecule has 0 unspecified atom stereocenters. The Morgan fingerprint density at radius 1 is 1.15 bits per heavy atom. The molecule has 5 nitrogen and oxygen atoms in total. The number of nitrogens with one attached hydrogen (secondary N) is 2. The van der Waals surface area contributed by atoms with Gasteiger partial charge in [-0.25, -0.2) is 8.42 Å². The fourth-order valence-electron chi connectivity index (χ4n) is 3.12. The van der Waals surface area contributed by atoms with E-state index >= 15 is 0 Å². The van der Waals surface area contributed by atoms with E-state index in [9.17, 15) is 8.42 Å². The van der Waals surface area contributed by atoms with E-state index < -0.39 is 14.6 Å². The third-order valence-electron chi connectivity index (χ3n) is 5.18. The lowest BCUT2D eigenvalue weighted by Gasteiger charge is -2.41. The largest absolute Gasteiger partial charge is 0.357 e. The first-order valence-electron chi connectivity index (χ1n) is 9.50. The molecule has 2 N–H and O–H groups in total. The molecule has 0 amide bonds. The summed E-state index contributed by atoms with van der Waals surface area (Å²) < 4.78 is 23.8. The fourth-order valence-corrected chi connectivity index (χ4v) is 4.10. The average Bonchev–Trinajstić information content (AvgIpc) is 2.53. The molecular weight excluding hydrogens is 346 g/mol. The number of benzene rings is 1. The van der Waals surface area contributed by atoms with Crippen molar-refractivity contribution in [2.45, 2.75) is 57.1 Å². The van der Waals surface area contributed by atoms with Crippen LogP contribution in [0, 0.1) is 0 Å². The van der Waals surface area contributed by atoms with Crippen LogP contribution in [0.25, 0.3) is 0 Å². The molecule has 26 heavy (non-hydrogen) atoms. The summed E-state index contributed by atoms with van der Waals surface area (Å²) in [7, 11) is -3.13. The minimum atomic E-state index is -3.13. The van der Waals surface area contributed by atoms with Gasteiger partial charge < -0.3 is 10.6 Å². The zero-order chi connectivity index (χ0) is 19.3. The van der Waals surface area contributed by atoms with E-state index in [-0.39, 0.29) is 11.2 Å². The molecule has 0 radical (unpaired) electrons. The van der Waals surface area contributed by atoms with Crippen molar-refractivity contribution >= 4 is 15.8 Å². The van der Waals surface area contributed by atoms with E-state index in [1.165, 1.54) is 12.0 Å². The lowest BCUT2D eigenvalue weighted by Crippen LogP contribution is -2.44. The van der Waals surface area contributed by atoms with Crippen molar-refractivity contribution in [3.05, 3.63) is 35.9 Å². The second kappa shape index (κ2) is 8.42. The topological polar surface area (TPSA) is 70.6 Å². The van der Waals surface area contributed by atoms with Gasteiger partial charge in [0, 0.05) is 18.5 Å². The second-order valence-corrected chi connectivity index (χ2v) is 10.9. The molecule has 0 aromatic heterocycles. The van der Waals surface area contributed by atoms with Gasteiger partial charge in [0.2, 0.25) is 0 Å². The summed E-state index contributed by atoms with van der Waals surface area (Å²) in [6.07, 6.45) is 3.54. The van der Waals surface area contributed by atoms with Crippen LogP contribution < -0.4 is 10.6 Å². The molecule has 0 spiro atoms. The Balaban J connectivity index is 2.00. The van der Waals surface area contributed by atoms with Crippen LogP contribution in [-0.4, -0.2) is 44.5 Å². The Kier molecular flexibility index (Phi) is 6.72. The van der Waals surface area contributed by atoms with Crippen LogP contribution in [0.2, 0.25) is 0 Å². The lowest BCUT2D eigenvalue weighted by atomic mass is 9.64. The molecule has 1 aliphatic carbocycles. The van der Waals surface area contributed by atoms with Crippen LogP contribution in [0.15, 0.2) is 35.3 Å². The number of rotatable bonds is 7. The summed E-state index contributed by atoms with van der Waals surface area (Å²) in [6, 6.07) is 10.6. The fraction of sp³-hybridized carbons (Fsp3) is 0.650. The third kappa shape index (κ3) is 5.00. The first-order valence-corrected chi connectivity index (χ1v) is 11.2. The van der Waals surface area contributed by atoms with Gasteiger partial charge in [0.1, 0.15) is 0 Å². The van der Waals surface area contributed by atoms with E-state index in [4.69, 9.17) is 4.99 Å². The molecule has 1 aromatic carbocycles. The molecule has 146 valence electrons. The third-order valence-corrected chi connectivity index (χ3v) is 7.78. The highest BCUT2D eigenvalue weighted by Gasteiger charge is 2.38. The summed E-state index contributed by atoms with van der Waals surface area (Å²) in [5.41, 5.74) is 1.47. The molecule has 0 heterocycles. The molecule has 1 fully saturated rings. The molecule has 0 bridgehead atoms. The maximum atomic E-state index is 12.2. The van der Waals surface area contributed by atoms with E-state index in [1.54, 1.807) is 20.8 Å². The molecule has 6 heteroatoms. The second-order valence-electron chi connectivity index (χ2n) is 8.05. The maximum absolute atomic E-state index is 12.2. The van der Waals surface area contributed by atoms with Crippen LogP contribution >= 0.6 is 0 Å². The summed E-state index contributed by atoms with van der Waals surface area (Å²) >= 11 is 0. The number of hydrogen-bond donors (Lipinski definition) is 2. The SMILES string of the molecule is CCNC(=NCC1(c2ccccc2)CCC1)NCCS(=O)(=O)C(C)(C)C. The summed E-state index contributed by atoms with van der Waals surface area (Å²) in [5, 5.41) is 6.40. The van der Waals surface area contributed by atoms with Gasteiger partial charge in [0.15, 0.2) is 15.8 Å². The predicted molar refractivity (Wildman–Crippen MR) is 109 cm³/mol. The normalized spacial score (nSPS) is 17.5. The van der Waals surface area contributed by atoms with Gasteiger partial charge in [0.25, 0.3) is 0 Å². The molecule has 0 atom stereocenters. The zero-order valence-electron chi connectivity index (χ0n) is 16.5. The highest BCUT2D eigenvalue weighted by atomic mass is 32.2. The van der Waals surface area contributed by atoms with E-state index in [0.29, 0.717) is 12.5 Å². The zero-order valence-corrected chi connectivity index (χ0v) is 17.3. The van der Waals surface area contributed by atoms with Crippen LogP contribution in [0.1, 0.15) is 52.5 Å². The monoisotopic (exact) mass is 379 g/mol. The summed E-state index contributed by atoms with van der Waals surface area (Å²) in [6.45, 7) is 9.06. The molecule has 1 saturated carbocycles. The van der Waals surface area contributed by atoms with Gasteiger partial charge in [-0.2, -0.15) is 0 Å². The molecule has 2 rings (SSSR count). The highest BCUT2D eigenvalue weighted by Crippen LogP contribution is 2.43. The Bertz CT molecular complexity index is 702. The van der Waals surface area contributed by atoms with E-state index in [2.05, 4.69) is 34.9 Å². The van der Waals surface area contributed by atoms with Crippen LogP contribution in [-0.2, 0) is 15.3 Å². The molecule has 0 saturated heterocycles. The van der Waals surface area contributed by atoms with Gasteiger partial charge in [-0.05, 0) is 46.1 Å². The number of aliphatic imine (C=N–C) groups is 1. The van der Waals surface area contributed by atoms with Crippen molar-refractivity contribution in [2.75, 3.05) is 25.4 Å². The smallest absolute Gasteiger partial charge is 0.191 e. The summed E-state index contributed by atoms with van der Waals surface area (Å²) in [5.74, 6) is 0.795. The standard InChI is InChI=1S/C20H33N3O2S/c1-5-21-18(22-14-15-26(24,25)19(2,3)4)23-16-20(12-9-13-20)17-10-7-6-8-11-17/h6-8,10-11H,5,9,12-16H2,1-4H3,(H2,21,22,23). The Hall–Kier alpha value is -1.56. The molecule has 0 aliphatic heterocycles. The highest BCUT2D eigenvalue weighted by molar-refractivity contribution is 7.92. The van der Waals surface area contributed by atoms with Crippen molar-refractivity contribution in [1.29, 1.82) is 0 Å². The number of hydrogen-bond acceptors (Lipinski definition) is 3. The van der Waals surface area contributed by atoms with Crippen molar-refractivity contribution in [3.63, 3.8) is 0 Å². The molecule has 1 aliphatic rings. The van der Waals surface area contributed by atoms with Crippen LogP contribution in [0.4, 0.5) is 0 Å². The molecule has 1 aromatic rings. The van der Waals surface area contributed by atoms with Crippen molar-refractivity contribution in [3.8, 4) is 0 Å². The predicted octanol–water partition coefficient (Wildman–Crippen LogP) is 2.88. The van der Waals surface area contributed by atoms with Gasteiger partial charge in [-0.3, -0.25) is 4.99 Å². The van der Waals surface area contributed by atoms with Gasteiger partial charge in [0.05, 0.1) is 17.0 Å². The minimum absolute atomic E-state index is 0.102. The maximum Gasteiger partial charge on any atom is 0.191 e. The van der Waals surface area contributed by atoms with Crippen LogP contribution in [0.3, 0.4) is 0 Å². The van der Waals surface area contributed by atoms with E-state index in [1.807, 2.05) is 13.0 Å². The van der Waals surface area contributed by atoms with Crippen molar-refractivity contribution in [1.82, 2.24) is 10.6 Å². The summed E-state index contributed by atoms with van der Waals surface area (Å²) in [4.78, 5) is 4.77. The van der Waals surface area contributed by atoms with Crippen molar-refractivity contribution < 1.29 is 8.42 Å². The Labute approximate surface area is 158 Å². The lowest BCUT2D eigenvalue weighted by molar-refractivity contribution is 0.253. The Morgan fingerprint density at radius 3 is 2.31 bits per heavy atom. The van der Waals surface area contributed by atoms with Gasteiger partial charge in [-0.15, -0.1) is 0 Å². The van der Waals surface area contributed by atoms with Gasteiger partial charge in [-0.1, -0.05) is 36.8 Å². The number of guanidine groups is 1. The van der Waals surface area contributed by atoms with Crippen LogP contribution in [0.5, 0.6) is 0 Å².